The first-order valence-electron chi connectivity index (χ1n) is 6.79. The number of hydrogen-bond donors (Lipinski definition) is 2. The number of hydrogen-bond acceptors (Lipinski definition) is 2. The molecule has 2 rings (SSSR count). The van der Waals surface area contributed by atoms with Crippen LogP contribution < -0.4 is 10.6 Å². The first-order valence-corrected chi connectivity index (χ1v) is 6.79. The minimum Gasteiger partial charge on any atom is -0.374 e. The number of aryl methyl sites for hydroxylation is 1. The highest BCUT2D eigenvalue weighted by atomic mass is 16.2. The molecule has 1 saturated carbocycles. The van der Waals surface area contributed by atoms with Gasteiger partial charge in [0.25, 0.3) is 0 Å². The molecular formula is C15H22N2O. The fourth-order valence-electron chi connectivity index (χ4n) is 2.45. The molecule has 1 aromatic rings. The highest BCUT2D eigenvalue weighted by Gasteiger charge is 2.20. The van der Waals surface area contributed by atoms with Crippen LogP contribution in [0.15, 0.2) is 24.3 Å². The smallest absolute Gasteiger partial charge is 0.242 e. The molecule has 0 aromatic heterocycles. The van der Waals surface area contributed by atoms with E-state index in [0.717, 1.165) is 18.5 Å². The van der Waals surface area contributed by atoms with Crippen LogP contribution in [0.2, 0.25) is 0 Å². The molecule has 2 N–H and O–H groups in total. The molecule has 1 aromatic carbocycles. The molecule has 0 aliphatic heterocycles. The zero-order valence-electron chi connectivity index (χ0n) is 11.2. The monoisotopic (exact) mass is 246 g/mol. The van der Waals surface area contributed by atoms with Gasteiger partial charge in [-0.3, -0.25) is 4.79 Å². The van der Waals surface area contributed by atoms with Crippen LogP contribution in [0.5, 0.6) is 0 Å². The maximum Gasteiger partial charge on any atom is 0.242 e. The van der Waals surface area contributed by atoms with Crippen molar-refractivity contribution in [3.8, 4) is 0 Å². The van der Waals surface area contributed by atoms with Crippen LogP contribution in [0, 0.1) is 6.92 Å². The van der Waals surface area contributed by atoms with Gasteiger partial charge in [0.05, 0.1) is 0 Å². The van der Waals surface area contributed by atoms with Crippen LogP contribution in [0.1, 0.15) is 38.2 Å². The van der Waals surface area contributed by atoms with Crippen LogP contribution in [-0.4, -0.2) is 18.0 Å². The average molecular weight is 246 g/mol. The lowest BCUT2D eigenvalue weighted by atomic mass is 10.2. The molecule has 1 amide bonds. The summed E-state index contributed by atoms with van der Waals surface area (Å²) in [6.07, 6.45) is 4.74. The third-order valence-corrected chi connectivity index (χ3v) is 3.50. The van der Waals surface area contributed by atoms with Gasteiger partial charge in [-0.15, -0.1) is 0 Å². The van der Waals surface area contributed by atoms with E-state index in [1.54, 1.807) is 0 Å². The molecule has 1 fully saturated rings. The maximum atomic E-state index is 12.0. The lowest BCUT2D eigenvalue weighted by molar-refractivity contribution is -0.122. The number of benzene rings is 1. The molecule has 1 aliphatic carbocycles. The van der Waals surface area contributed by atoms with E-state index < -0.39 is 0 Å². The second kappa shape index (κ2) is 5.89. The van der Waals surface area contributed by atoms with Crippen LogP contribution in [-0.2, 0) is 4.79 Å². The van der Waals surface area contributed by atoms with Gasteiger partial charge >= 0.3 is 0 Å². The topological polar surface area (TPSA) is 41.1 Å². The van der Waals surface area contributed by atoms with Gasteiger partial charge in [-0.05, 0) is 44.4 Å². The maximum absolute atomic E-state index is 12.0. The number of rotatable bonds is 4. The van der Waals surface area contributed by atoms with E-state index in [2.05, 4.69) is 29.7 Å². The molecule has 0 unspecified atom stereocenters. The number of nitrogens with one attached hydrogen (secondary N) is 2. The predicted octanol–water partition coefficient (Wildman–Crippen LogP) is 2.85. The van der Waals surface area contributed by atoms with Gasteiger partial charge in [0.1, 0.15) is 6.04 Å². The Balaban J connectivity index is 1.86. The van der Waals surface area contributed by atoms with Crippen molar-refractivity contribution < 1.29 is 4.79 Å². The molecule has 0 radical (unpaired) electrons. The molecule has 98 valence electrons. The Morgan fingerprint density at radius 3 is 2.72 bits per heavy atom. The second-order valence-corrected chi connectivity index (χ2v) is 5.23. The van der Waals surface area contributed by atoms with Crippen molar-refractivity contribution in [1.29, 1.82) is 0 Å². The van der Waals surface area contributed by atoms with E-state index in [0.29, 0.717) is 6.04 Å². The van der Waals surface area contributed by atoms with Gasteiger partial charge in [-0.1, -0.05) is 25.0 Å². The summed E-state index contributed by atoms with van der Waals surface area (Å²) in [5, 5.41) is 6.36. The van der Waals surface area contributed by atoms with E-state index in [-0.39, 0.29) is 11.9 Å². The van der Waals surface area contributed by atoms with E-state index in [9.17, 15) is 4.79 Å². The van der Waals surface area contributed by atoms with Crippen LogP contribution in [0.4, 0.5) is 5.69 Å². The van der Waals surface area contributed by atoms with E-state index in [4.69, 9.17) is 0 Å². The Labute approximate surface area is 109 Å². The van der Waals surface area contributed by atoms with Gasteiger partial charge in [-0.2, -0.15) is 0 Å². The van der Waals surface area contributed by atoms with Gasteiger partial charge < -0.3 is 10.6 Å². The van der Waals surface area contributed by atoms with Crippen LogP contribution in [0.3, 0.4) is 0 Å². The Hall–Kier alpha value is -1.51. The summed E-state index contributed by atoms with van der Waals surface area (Å²) in [7, 11) is 0. The molecule has 0 saturated heterocycles. The molecule has 0 spiro atoms. The Bertz CT molecular complexity index is 411. The van der Waals surface area contributed by atoms with E-state index in [1.807, 2.05) is 19.1 Å². The number of carbonyl (C=O) groups is 1. The normalized spacial score (nSPS) is 17.4. The summed E-state index contributed by atoms with van der Waals surface area (Å²) in [6.45, 7) is 3.96. The zero-order valence-corrected chi connectivity index (χ0v) is 11.2. The fourth-order valence-corrected chi connectivity index (χ4v) is 2.45. The molecule has 0 bridgehead atoms. The summed E-state index contributed by atoms with van der Waals surface area (Å²) >= 11 is 0. The van der Waals surface area contributed by atoms with Crippen molar-refractivity contribution >= 4 is 11.6 Å². The molecule has 1 atom stereocenters. The summed E-state index contributed by atoms with van der Waals surface area (Å²) < 4.78 is 0. The first kappa shape index (κ1) is 12.9. The van der Waals surface area contributed by atoms with Crippen molar-refractivity contribution in [3.63, 3.8) is 0 Å². The van der Waals surface area contributed by atoms with Crippen LogP contribution >= 0.6 is 0 Å². The Morgan fingerprint density at radius 2 is 2.06 bits per heavy atom. The number of carbonyl (C=O) groups excluding carboxylic acids is 1. The molecule has 0 heterocycles. The lowest BCUT2D eigenvalue weighted by Gasteiger charge is -2.18. The summed E-state index contributed by atoms with van der Waals surface area (Å²) in [6, 6.07) is 8.30. The zero-order chi connectivity index (χ0) is 13.0. The number of anilines is 1. The molecule has 18 heavy (non-hydrogen) atoms. The van der Waals surface area contributed by atoms with Crippen LogP contribution in [0.25, 0.3) is 0 Å². The summed E-state index contributed by atoms with van der Waals surface area (Å²) in [4.78, 5) is 12.0. The lowest BCUT2D eigenvalue weighted by Crippen LogP contribution is -2.42. The molecule has 1 aliphatic rings. The third kappa shape index (κ3) is 3.49. The minimum atomic E-state index is -0.188. The highest BCUT2D eigenvalue weighted by Crippen LogP contribution is 2.18. The van der Waals surface area contributed by atoms with Crippen molar-refractivity contribution in [1.82, 2.24) is 5.32 Å². The Kier molecular flexibility index (Phi) is 4.24. The quantitative estimate of drug-likeness (QED) is 0.857. The third-order valence-electron chi connectivity index (χ3n) is 3.50. The SMILES string of the molecule is Cc1cccc(N[C@H](C)C(=O)NC2CCCC2)c1. The van der Waals surface area contributed by atoms with Crippen molar-refractivity contribution in [2.75, 3.05) is 5.32 Å². The van der Waals surface area contributed by atoms with E-state index in [1.165, 1.54) is 18.4 Å². The van der Waals surface area contributed by atoms with E-state index >= 15 is 0 Å². The van der Waals surface area contributed by atoms with Crippen molar-refractivity contribution in [2.24, 2.45) is 0 Å². The minimum absolute atomic E-state index is 0.100. The molecule has 3 nitrogen and oxygen atoms in total. The van der Waals surface area contributed by atoms with Crippen molar-refractivity contribution in [3.05, 3.63) is 29.8 Å². The molecule has 3 heteroatoms. The Morgan fingerprint density at radius 1 is 1.33 bits per heavy atom. The second-order valence-electron chi connectivity index (χ2n) is 5.23. The first-order chi connectivity index (χ1) is 8.65. The fraction of sp³-hybridized carbons (Fsp3) is 0.533. The number of amides is 1. The predicted molar refractivity (Wildman–Crippen MR) is 74.7 cm³/mol. The van der Waals surface area contributed by atoms with Crippen molar-refractivity contribution in [2.45, 2.75) is 51.6 Å². The summed E-state index contributed by atoms with van der Waals surface area (Å²) in [5.41, 5.74) is 2.20. The summed E-state index contributed by atoms with van der Waals surface area (Å²) in [5.74, 6) is 0.100. The standard InChI is InChI=1S/C15H22N2O/c1-11-6-5-9-14(10-11)16-12(2)15(18)17-13-7-3-4-8-13/h5-6,9-10,12-13,16H,3-4,7-8H2,1-2H3,(H,17,18)/t12-/m1/s1. The van der Waals surface area contributed by atoms with Gasteiger partial charge in [0.15, 0.2) is 0 Å². The largest absolute Gasteiger partial charge is 0.374 e. The van der Waals surface area contributed by atoms with Gasteiger partial charge in [0.2, 0.25) is 5.91 Å². The highest BCUT2D eigenvalue weighted by molar-refractivity contribution is 5.84. The molecular weight excluding hydrogens is 224 g/mol. The average Bonchev–Trinajstić information content (AvgIpc) is 2.81. The van der Waals surface area contributed by atoms with Gasteiger partial charge in [-0.25, -0.2) is 0 Å². The van der Waals surface area contributed by atoms with Gasteiger partial charge in [0, 0.05) is 11.7 Å².